The number of nitrogens with one attached hydrogen (secondary N) is 2. The molecule has 190 valence electrons. The molecule has 2 aromatic rings. The molecule has 4 rings (SSSR count). The van der Waals surface area contributed by atoms with Crippen molar-refractivity contribution in [2.24, 2.45) is 0 Å². The van der Waals surface area contributed by atoms with Crippen LogP contribution in [0.1, 0.15) is 67.2 Å². The Labute approximate surface area is 200 Å². The van der Waals surface area contributed by atoms with Crippen molar-refractivity contribution >= 4 is 11.7 Å². The van der Waals surface area contributed by atoms with Crippen molar-refractivity contribution in [2.45, 2.75) is 63.8 Å². The Morgan fingerprint density at radius 3 is 2.54 bits per heavy atom. The molecule has 1 aliphatic carbocycles. The van der Waals surface area contributed by atoms with Gasteiger partial charge in [-0.3, -0.25) is 4.79 Å². The fourth-order valence-corrected chi connectivity index (χ4v) is 4.10. The number of hydrogen-bond donors (Lipinski definition) is 2. The number of alkyl halides is 3. The van der Waals surface area contributed by atoms with Gasteiger partial charge in [-0.1, -0.05) is 18.2 Å². The standard InChI is InChI=1S/C24H28F4N4O3/c1-13(15-5-4-6-16(20(15)26)23(3,27)28)29-21-19(22-34-9-10-35-22)17(30-14(2)31-21)11-18(33)32-24(12-25)7-8-24/h4-6,13,22H,7-12H2,1-3H3,(H,32,33)(H,29,30,31). The van der Waals surface area contributed by atoms with Gasteiger partial charge in [-0.15, -0.1) is 0 Å². The van der Waals surface area contributed by atoms with E-state index in [1.807, 2.05) is 0 Å². The lowest BCUT2D eigenvalue weighted by Gasteiger charge is -2.23. The number of amides is 1. The van der Waals surface area contributed by atoms with E-state index in [1.54, 1.807) is 13.8 Å². The van der Waals surface area contributed by atoms with Crippen molar-refractivity contribution < 1.29 is 31.8 Å². The predicted octanol–water partition coefficient (Wildman–Crippen LogP) is 4.42. The van der Waals surface area contributed by atoms with Crippen LogP contribution in [0.4, 0.5) is 23.4 Å². The van der Waals surface area contributed by atoms with E-state index in [0.29, 0.717) is 50.1 Å². The Balaban J connectivity index is 1.66. The third-order valence-corrected chi connectivity index (χ3v) is 6.16. The van der Waals surface area contributed by atoms with Crippen molar-refractivity contribution in [1.29, 1.82) is 0 Å². The van der Waals surface area contributed by atoms with Crippen molar-refractivity contribution in [3.05, 3.63) is 52.2 Å². The summed E-state index contributed by atoms with van der Waals surface area (Å²) in [5.41, 5.74) is -0.806. The Morgan fingerprint density at radius 2 is 1.94 bits per heavy atom. The quantitative estimate of drug-likeness (QED) is 0.500. The average Bonchev–Trinajstić information content (AvgIpc) is 3.33. The summed E-state index contributed by atoms with van der Waals surface area (Å²) in [6, 6.07) is 3.06. The molecular weight excluding hydrogens is 468 g/mol. The van der Waals surface area contributed by atoms with Crippen LogP contribution in [-0.2, 0) is 26.6 Å². The van der Waals surface area contributed by atoms with E-state index in [2.05, 4.69) is 20.6 Å². The number of aromatic nitrogens is 2. The first-order valence-electron chi connectivity index (χ1n) is 11.4. The third kappa shape index (κ3) is 5.56. The number of aryl methyl sites for hydroxylation is 1. The molecule has 2 aliphatic rings. The summed E-state index contributed by atoms with van der Waals surface area (Å²) < 4.78 is 67.2. The van der Waals surface area contributed by atoms with Gasteiger partial charge in [0.15, 0.2) is 6.29 Å². The molecule has 1 saturated heterocycles. The molecule has 35 heavy (non-hydrogen) atoms. The van der Waals surface area contributed by atoms with Gasteiger partial charge < -0.3 is 20.1 Å². The van der Waals surface area contributed by atoms with Crippen LogP contribution >= 0.6 is 0 Å². The molecule has 2 N–H and O–H groups in total. The molecule has 2 fully saturated rings. The second-order valence-electron chi connectivity index (χ2n) is 9.16. The highest BCUT2D eigenvalue weighted by Gasteiger charge is 2.44. The first-order chi connectivity index (χ1) is 16.5. The van der Waals surface area contributed by atoms with E-state index in [4.69, 9.17) is 9.47 Å². The second kappa shape index (κ2) is 9.69. The van der Waals surface area contributed by atoms with Crippen LogP contribution < -0.4 is 10.6 Å². The molecule has 11 heteroatoms. The van der Waals surface area contributed by atoms with Crippen LogP contribution in [0.25, 0.3) is 0 Å². The largest absolute Gasteiger partial charge is 0.363 e. The molecule has 2 heterocycles. The summed E-state index contributed by atoms with van der Waals surface area (Å²) in [5.74, 6) is -4.20. The lowest BCUT2D eigenvalue weighted by atomic mass is 10.0. The van der Waals surface area contributed by atoms with Crippen LogP contribution in [0, 0.1) is 12.7 Å². The van der Waals surface area contributed by atoms with Gasteiger partial charge in [0, 0.05) is 12.5 Å². The minimum Gasteiger partial charge on any atom is -0.363 e. The van der Waals surface area contributed by atoms with E-state index in [9.17, 15) is 22.4 Å². The number of carbonyl (C=O) groups is 1. The SMILES string of the molecule is Cc1nc(CC(=O)NC2(CF)CC2)c(C2OCCO2)c(NC(C)c2cccc(C(C)(F)F)c2F)n1. The highest BCUT2D eigenvalue weighted by atomic mass is 19.3. The van der Waals surface area contributed by atoms with Gasteiger partial charge in [0.2, 0.25) is 5.91 Å². The number of hydrogen-bond acceptors (Lipinski definition) is 6. The Kier molecular flexibility index (Phi) is 7.01. The molecule has 1 aromatic carbocycles. The molecule has 1 aliphatic heterocycles. The predicted molar refractivity (Wildman–Crippen MR) is 119 cm³/mol. The third-order valence-electron chi connectivity index (χ3n) is 6.16. The lowest BCUT2D eigenvalue weighted by Crippen LogP contribution is -2.39. The number of ether oxygens (including phenoxy) is 2. The summed E-state index contributed by atoms with van der Waals surface area (Å²) >= 11 is 0. The molecule has 1 saturated carbocycles. The summed E-state index contributed by atoms with van der Waals surface area (Å²) in [5, 5.41) is 5.78. The Bertz CT molecular complexity index is 1100. The first-order valence-corrected chi connectivity index (χ1v) is 11.4. The summed E-state index contributed by atoms with van der Waals surface area (Å²) in [6.45, 7) is 3.85. The maximum atomic E-state index is 15.0. The van der Waals surface area contributed by atoms with Gasteiger partial charge in [-0.05, 0) is 26.7 Å². The molecule has 1 atom stereocenters. The van der Waals surface area contributed by atoms with Crippen molar-refractivity contribution in [3.8, 4) is 0 Å². The monoisotopic (exact) mass is 496 g/mol. The molecule has 0 bridgehead atoms. The lowest BCUT2D eigenvalue weighted by molar-refractivity contribution is -0.121. The van der Waals surface area contributed by atoms with E-state index in [-0.39, 0.29) is 17.8 Å². The van der Waals surface area contributed by atoms with Crippen molar-refractivity contribution in [3.63, 3.8) is 0 Å². The fourth-order valence-electron chi connectivity index (χ4n) is 4.10. The van der Waals surface area contributed by atoms with Crippen LogP contribution in [0.3, 0.4) is 0 Å². The van der Waals surface area contributed by atoms with Crippen LogP contribution in [0.5, 0.6) is 0 Å². The molecule has 7 nitrogen and oxygen atoms in total. The first kappa shape index (κ1) is 25.3. The molecule has 0 spiro atoms. The van der Waals surface area contributed by atoms with Gasteiger partial charge in [-0.25, -0.2) is 27.5 Å². The number of carbonyl (C=O) groups excluding carboxylic acids is 1. The van der Waals surface area contributed by atoms with Gasteiger partial charge in [0.25, 0.3) is 5.92 Å². The highest BCUT2D eigenvalue weighted by molar-refractivity contribution is 5.80. The summed E-state index contributed by atoms with van der Waals surface area (Å²) in [7, 11) is 0. The van der Waals surface area contributed by atoms with E-state index in [0.717, 1.165) is 6.07 Å². The maximum absolute atomic E-state index is 15.0. The zero-order valence-corrected chi connectivity index (χ0v) is 19.8. The number of benzene rings is 1. The normalized spacial score (nSPS) is 18.4. The van der Waals surface area contributed by atoms with Crippen LogP contribution in [-0.4, -0.2) is 41.3 Å². The number of rotatable bonds is 9. The van der Waals surface area contributed by atoms with Gasteiger partial charge in [0.1, 0.15) is 24.1 Å². The van der Waals surface area contributed by atoms with Gasteiger partial charge in [0.05, 0.1) is 48.0 Å². The van der Waals surface area contributed by atoms with Crippen LogP contribution in [0.15, 0.2) is 18.2 Å². The van der Waals surface area contributed by atoms with Gasteiger partial charge >= 0.3 is 0 Å². The zero-order chi connectivity index (χ0) is 25.4. The molecular formula is C24H28F4N4O3. The van der Waals surface area contributed by atoms with Crippen molar-refractivity contribution in [1.82, 2.24) is 15.3 Å². The molecule has 1 unspecified atom stereocenters. The summed E-state index contributed by atoms with van der Waals surface area (Å²) in [4.78, 5) is 21.5. The zero-order valence-electron chi connectivity index (χ0n) is 19.8. The number of nitrogens with zero attached hydrogens (tertiary/aromatic N) is 2. The van der Waals surface area contributed by atoms with Gasteiger partial charge in [-0.2, -0.15) is 0 Å². The van der Waals surface area contributed by atoms with Crippen molar-refractivity contribution in [2.75, 3.05) is 25.2 Å². The number of halogens is 4. The molecule has 1 amide bonds. The maximum Gasteiger partial charge on any atom is 0.273 e. The number of anilines is 1. The topological polar surface area (TPSA) is 85.4 Å². The Morgan fingerprint density at radius 1 is 1.26 bits per heavy atom. The van der Waals surface area contributed by atoms with E-state index in [1.165, 1.54) is 12.1 Å². The van der Waals surface area contributed by atoms with Crippen LogP contribution in [0.2, 0.25) is 0 Å². The minimum atomic E-state index is -3.35. The van der Waals surface area contributed by atoms with E-state index < -0.39 is 47.8 Å². The fraction of sp³-hybridized carbons (Fsp3) is 0.542. The molecule has 0 radical (unpaired) electrons. The Hall–Kier alpha value is -2.79. The smallest absolute Gasteiger partial charge is 0.273 e. The minimum absolute atomic E-state index is 0.0254. The van der Waals surface area contributed by atoms with E-state index >= 15 is 0 Å². The highest BCUT2D eigenvalue weighted by Crippen LogP contribution is 2.37. The average molecular weight is 497 g/mol. The second-order valence-corrected chi connectivity index (χ2v) is 9.16. The molecule has 1 aromatic heterocycles. The summed E-state index contributed by atoms with van der Waals surface area (Å²) in [6.07, 6.45) is 0.107.